The second-order valence-electron chi connectivity index (χ2n) is 16.3. The molecular formula is C36H47N7O5S. The molecule has 49 heavy (non-hydrogen) atoms. The fourth-order valence-electron chi connectivity index (χ4n) is 7.20. The van der Waals surface area contributed by atoms with Crippen LogP contribution in [0.3, 0.4) is 0 Å². The number of pyridine rings is 3. The van der Waals surface area contributed by atoms with Crippen LogP contribution >= 0.6 is 0 Å². The summed E-state index contributed by atoms with van der Waals surface area (Å²) >= 11 is 0. The molecule has 2 amide bonds. The zero-order chi connectivity index (χ0) is 35.6. The Hall–Kier alpha value is -4.26. The third-order valence-corrected chi connectivity index (χ3v) is 10.8. The highest BCUT2D eigenvalue weighted by molar-refractivity contribution is 7.90. The average molecular weight is 690 g/mol. The van der Waals surface area contributed by atoms with E-state index in [1.165, 1.54) is 6.07 Å². The van der Waals surface area contributed by atoms with E-state index in [2.05, 4.69) is 59.9 Å². The third-order valence-electron chi connectivity index (χ3n) is 9.60. The Labute approximate surface area is 288 Å². The lowest BCUT2D eigenvalue weighted by Crippen LogP contribution is -2.41. The predicted octanol–water partition coefficient (Wildman–Crippen LogP) is 5.86. The number of amides is 2. The number of fused-ring (bicyclic) bond motifs is 5. The van der Waals surface area contributed by atoms with Gasteiger partial charge in [-0.1, -0.05) is 26.8 Å². The van der Waals surface area contributed by atoms with Crippen molar-refractivity contribution < 1.29 is 22.7 Å². The number of carbonyl (C=O) groups is 2. The number of sulfonamides is 1. The van der Waals surface area contributed by atoms with Crippen LogP contribution in [0.25, 0.3) is 0 Å². The number of nitrogens with zero attached hydrogens (tertiary/aromatic N) is 4. The van der Waals surface area contributed by atoms with Crippen molar-refractivity contribution in [2.75, 3.05) is 16.8 Å². The zero-order valence-electron chi connectivity index (χ0n) is 29.5. The van der Waals surface area contributed by atoms with E-state index in [9.17, 15) is 18.0 Å². The molecule has 2 aliphatic heterocycles. The van der Waals surface area contributed by atoms with Crippen molar-refractivity contribution in [2.45, 2.75) is 109 Å². The molecule has 2 fully saturated rings. The van der Waals surface area contributed by atoms with Crippen molar-refractivity contribution in [1.82, 2.24) is 25.0 Å². The van der Waals surface area contributed by atoms with Crippen molar-refractivity contribution in [3.63, 3.8) is 0 Å². The average Bonchev–Trinajstić information content (AvgIpc) is 3.57. The predicted molar refractivity (Wildman–Crippen MR) is 187 cm³/mol. The number of anilines is 2. The van der Waals surface area contributed by atoms with Crippen LogP contribution in [0.4, 0.5) is 16.4 Å². The van der Waals surface area contributed by atoms with Gasteiger partial charge in [-0.05, 0) is 107 Å². The summed E-state index contributed by atoms with van der Waals surface area (Å²) in [5.41, 5.74) is 1.35. The highest BCUT2D eigenvalue weighted by atomic mass is 32.2. The minimum atomic E-state index is -4.34. The van der Waals surface area contributed by atoms with Crippen LogP contribution in [0.1, 0.15) is 108 Å². The lowest BCUT2D eigenvalue weighted by Gasteiger charge is -2.34. The van der Waals surface area contributed by atoms with Gasteiger partial charge in [0.2, 0.25) is 0 Å². The maximum Gasteiger partial charge on any atom is 0.407 e. The number of alkyl carbamates (subject to hydrolysis) is 1. The van der Waals surface area contributed by atoms with E-state index < -0.39 is 27.6 Å². The molecule has 1 spiro atoms. The van der Waals surface area contributed by atoms with Gasteiger partial charge in [0, 0.05) is 35.9 Å². The minimum absolute atomic E-state index is 0.0198. The lowest BCUT2D eigenvalue weighted by molar-refractivity contribution is 0.0523. The van der Waals surface area contributed by atoms with Crippen molar-refractivity contribution in [3.8, 4) is 0 Å². The second-order valence-corrected chi connectivity index (χ2v) is 18.0. The van der Waals surface area contributed by atoms with Crippen molar-refractivity contribution in [2.24, 2.45) is 11.3 Å². The van der Waals surface area contributed by atoms with Crippen LogP contribution < -0.4 is 20.3 Å². The first-order chi connectivity index (χ1) is 22.7. The summed E-state index contributed by atoms with van der Waals surface area (Å²) in [6.45, 7) is 16.9. The molecule has 3 aromatic heterocycles. The standard InChI is InChI=1S/C36H47N7O5S/c1-33(2,3)27-13-12-24-30(40-27)43-21-36(20-35(43,7)8)18-23(36)17-26(39-28-10-9-11-29(41-28)49(46,47)42-31(24)44)25-16-22(14-15-37-25)19-38-32(45)48-34(4,5)6/h9-16,23,26H,17-21H2,1-8H3,(H,38,45)(H,39,41)(H,42,44). The molecule has 3 aliphatic rings. The Balaban J connectivity index is 1.39. The Morgan fingerprint density at radius 1 is 1.08 bits per heavy atom. The molecule has 1 aliphatic carbocycles. The van der Waals surface area contributed by atoms with Crippen molar-refractivity contribution in [1.29, 1.82) is 0 Å². The number of hydrogen-bond donors (Lipinski definition) is 3. The van der Waals surface area contributed by atoms with E-state index in [-0.39, 0.29) is 39.5 Å². The van der Waals surface area contributed by atoms with Gasteiger partial charge in [-0.15, -0.1) is 0 Å². The van der Waals surface area contributed by atoms with E-state index >= 15 is 0 Å². The minimum Gasteiger partial charge on any atom is -0.444 e. The van der Waals surface area contributed by atoms with E-state index in [0.717, 1.165) is 36.2 Å². The van der Waals surface area contributed by atoms with Crippen LogP contribution in [0.5, 0.6) is 0 Å². The summed E-state index contributed by atoms with van der Waals surface area (Å²) in [4.78, 5) is 42.5. The second kappa shape index (κ2) is 12.0. The van der Waals surface area contributed by atoms with Crippen molar-refractivity contribution in [3.05, 3.63) is 71.2 Å². The monoisotopic (exact) mass is 689 g/mol. The smallest absolute Gasteiger partial charge is 0.407 e. The van der Waals surface area contributed by atoms with Crippen LogP contribution in [0.2, 0.25) is 0 Å². The topological polar surface area (TPSA) is 156 Å². The van der Waals surface area contributed by atoms with Crippen molar-refractivity contribution >= 4 is 33.7 Å². The molecule has 0 radical (unpaired) electrons. The summed E-state index contributed by atoms with van der Waals surface area (Å²) in [6.07, 6.45) is 3.80. The molecule has 3 unspecified atom stereocenters. The first-order valence-corrected chi connectivity index (χ1v) is 18.2. The van der Waals surface area contributed by atoms with Gasteiger partial charge in [0.15, 0.2) is 5.03 Å². The maximum atomic E-state index is 13.8. The molecule has 13 heteroatoms. The number of hydrogen-bond acceptors (Lipinski definition) is 10. The van der Waals surface area contributed by atoms with Gasteiger partial charge in [-0.2, -0.15) is 8.42 Å². The lowest BCUT2D eigenvalue weighted by atomic mass is 9.90. The quantitative estimate of drug-likeness (QED) is 0.304. The van der Waals surface area contributed by atoms with Crippen LogP contribution in [0, 0.1) is 11.3 Å². The van der Waals surface area contributed by atoms with Crippen LogP contribution in [-0.4, -0.2) is 53.1 Å². The zero-order valence-corrected chi connectivity index (χ0v) is 30.4. The van der Waals surface area contributed by atoms with Gasteiger partial charge in [0.05, 0.1) is 17.3 Å². The van der Waals surface area contributed by atoms with Crippen LogP contribution in [-0.2, 0) is 26.7 Å². The fraction of sp³-hybridized carbons (Fsp3) is 0.528. The molecule has 262 valence electrons. The van der Waals surface area contributed by atoms with Gasteiger partial charge in [0.1, 0.15) is 17.2 Å². The number of ether oxygens (including phenoxy) is 1. The highest BCUT2D eigenvalue weighted by Gasteiger charge is 2.63. The van der Waals surface area contributed by atoms with Crippen LogP contribution in [0.15, 0.2) is 53.7 Å². The summed E-state index contributed by atoms with van der Waals surface area (Å²) < 4.78 is 34.8. The van der Waals surface area contributed by atoms with E-state index in [4.69, 9.17) is 14.7 Å². The molecule has 1 saturated carbocycles. The molecule has 3 aromatic rings. The van der Waals surface area contributed by atoms with E-state index in [0.29, 0.717) is 24.1 Å². The molecule has 3 atom stereocenters. The highest BCUT2D eigenvalue weighted by Crippen LogP contribution is 2.65. The first kappa shape index (κ1) is 34.6. The number of aromatic nitrogens is 3. The van der Waals surface area contributed by atoms with Gasteiger partial charge in [0.25, 0.3) is 15.9 Å². The van der Waals surface area contributed by atoms with Gasteiger partial charge in [-0.3, -0.25) is 9.78 Å². The molecule has 0 aromatic carbocycles. The molecule has 4 bridgehead atoms. The molecule has 5 heterocycles. The van der Waals surface area contributed by atoms with Gasteiger partial charge >= 0.3 is 6.09 Å². The number of rotatable bonds is 3. The molecule has 3 N–H and O–H groups in total. The third kappa shape index (κ3) is 7.36. The number of carbonyl (C=O) groups excluding carboxylic acids is 2. The van der Waals surface area contributed by atoms with E-state index in [1.54, 1.807) is 30.5 Å². The summed E-state index contributed by atoms with van der Waals surface area (Å²) in [5.74, 6) is 0.403. The summed E-state index contributed by atoms with van der Waals surface area (Å²) in [5, 5.41) is 5.99. The van der Waals surface area contributed by atoms with E-state index in [1.807, 2.05) is 32.9 Å². The SMILES string of the molecule is CC(C)(C)OC(=O)NCc1ccnc(C2CC3CC34CN(c3nc(C(C)(C)C)ccc3C(=O)NS(=O)(=O)c3cccc(n3)N2)C(C)(C)C4)c1. The largest absolute Gasteiger partial charge is 0.444 e. The molecule has 12 nitrogen and oxygen atoms in total. The fourth-order valence-corrected chi connectivity index (χ4v) is 8.14. The molecule has 6 rings (SSSR count). The Morgan fingerprint density at radius 2 is 1.84 bits per heavy atom. The normalized spacial score (nSPS) is 24.2. The summed E-state index contributed by atoms with van der Waals surface area (Å²) in [7, 11) is -4.34. The van der Waals surface area contributed by atoms with Gasteiger partial charge < -0.3 is 20.3 Å². The Morgan fingerprint density at radius 3 is 2.55 bits per heavy atom. The Kier molecular flexibility index (Phi) is 8.44. The molecular weight excluding hydrogens is 643 g/mol. The maximum absolute atomic E-state index is 13.8. The Bertz CT molecular complexity index is 1900. The number of nitrogens with one attached hydrogen (secondary N) is 3. The summed E-state index contributed by atoms with van der Waals surface area (Å²) in [6, 6.07) is 11.6. The van der Waals surface area contributed by atoms with Gasteiger partial charge in [-0.25, -0.2) is 19.5 Å². The first-order valence-electron chi connectivity index (χ1n) is 16.8. The molecule has 1 saturated heterocycles.